The van der Waals surface area contributed by atoms with Crippen LogP contribution in [0, 0.1) is 19.8 Å². The minimum absolute atomic E-state index is 0.0573. The number of Topliss-reactive ketones (excluding diaryl/α,β-unsaturated/α-hetero) is 1. The number of H-pyrrole nitrogens is 1. The quantitative estimate of drug-likeness (QED) is 0.557. The van der Waals surface area contributed by atoms with Gasteiger partial charge in [0.1, 0.15) is 0 Å². The van der Waals surface area contributed by atoms with Crippen LogP contribution >= 0.6 is 0 Å². The molecular weight excluding hydrogens is 366 g/mol. The minimum atomic E-state index is -0.356. The molecule has 0 unspecified atom stereocenters. The molecule has 1 aromatic heterocycles. The van der Waals surface area contributed by atoms with Crippen molar-refractivity contribution in [2.45, 2.75) is 59.3 Å². The highest BCUT2D eigenvalue weighted by Crippen LogP contribution is 2.25. The Morgan fingerprint density at radius 3 is 2.41 bits per heavy atom. The van der Waals surface area contributed by atoms with Gasteiger partial charge in [-0.05, 0) is 64.6 Å². The van der Waals surface area contributed by atoms with E-state index in [9.17, 15) is 9.59 Å². The molecule has 2 aliphatic rings. The molecule has 2 heterocycles. The summed E-state index contributed by atoms with van der Waals surface area (Å²) in [6.07, 6.45) is 8.06. The fraction of sp³-hybridized carbons (Fsp3) is 0.739. The van der Waals surface area contributed by atoms with E-state index in [0.29, 0.717) is 35.7 Å². The number of carbonyl (C=O) groups is 2. The van der Waals surface area contributed by atoms with E-state index in [0.717, 1.165) is 38.5 Å². The number of aryl methyl sites for hydroxylation is 1. The molecule has 29 heavy (non-hydrogen) atoms. The molecule has 0 atom stereocenters. The van der Waals surface area contributed by atoms with Crippen LogP contribution in [0.4, 0.5) is 0 Å². The topological polar surface area (TPSA) is 65.6 Å². The zero-order chi connectivity index (χ0) is 20.8. The molecule has 1 N–H and O–H groups in total. The Morgan fingerprint density at radius 2 is 1.69 bits per heavy atom. The fourth-order valence-corrected chi connectivity index (χ4v) is 4.92. The Labute approximate surface area is 175 Å². The SMILES string of the molecule is CCOC(=O)c1c(C)[nH]c(C(=O)CN2CCCN(CC3CCCCC3)CC2)c1C. The van der Waals surface area contributed by atoms with Gasteiger partial charge in [-0.25, -0.2) is 4.79 Å². The van der Waals surface area contributed by atoms with E-state index >= 15 is 0 Å². The molecule has 6 nitrogen and oxygen atoms in total. The molecule has 0 aromatic carbocycles. The highest BCUT2D eigenvalue weighted by Gasteiger charge is 2.25. The molecule has 1 saturated heterocycles. The van der Waals surface area contributed by atoms with Gasteiger partial charge in [-0.15, -0.1) is 0 Å². The maximum Gasteiger partial charge on any atom is 0.340 e. The molecule has 2 fully saturated rings. The molecular formula is C23H37N3O3. The monoisotopic (exact) mass is 403 g/mol. The lowest BCUT2D eigenvalue weighted by atomic mass is 9.89. The molecule has 162 valence electrons. The average molecular weight is 404 g/mol. The van der Waals surface area contributed by atoms with Crippen LogP contribution in [-0.4, -0.2) is 72.4 Å². The number of hydrogen-bond acceptors (Lipinski definition) is 5. The van der Waals surface area contributed by atoms with Gasteiger partial charge in [0.2, 0.25) is 0 Å². The van der Waals surface area contributed by atoms with Crippen LogP contribution in [0.2, 0.25) is 0 Å². The van der Waals surface area contributed by atoms with Crippen LogP contribution in [0.5, 0.6) is 0 Å². The van der Waals surface area contributed by atoms with Crippen molar-refractivity contribution >= 4 is 11.8 Å². The third kappa shape index (κ3) is 5.70. The molecule has 3 rings (SSSR count). The van der Waals surface area contributed by atoms with Gasteiger partial charge >= 0.3 is 5.97 Å². The fourth-order valence-electron chi connectivity index (χ4n) is 4.92. The standard InChI is InChI=1S/C23H37N3O3/c1-4-29-23(28)21-17(2)22(24-18(21)3)20(27)16-26-12-8-11-25(13-14-26)15-19-9-6-5-7-10-19/h19,24H,4-16H2,1-3H3. The number of nitrogens with zero attached hydrogens (tertiary/aromatic N) is 2. The number of ether oxygens (including phenoxy) is 1. The number of aromatic nitrogens is 1. The third-order valence-electron chi connectivity index (χ3n) is 6.49. The summed E-state index contributed by atoms with van der Waals surface area (Å²) in [6, 6.07) is 0. The molecule has 1 saturated carbocycles. The van der Waals surface area contributed by atoms with Crippen LogP contribution < -0.4 is 0 Å². The van der Waals surface area contributed by atoms with E-state index in [-0.39, 0.29) is 11.8 Å². The molecule has 1 aliphatic carbocycles. The Morgan fingerprint density at radius 1 is 1.00 bits per heavy atom. The van der Waals surface area contributed by atoms with Crippen molar-refractivity contribution in [3.8, 4) is 0 Å². The van der Waals surface area contributed by atoms with E-state index in [1.165, 1.54) is 38.6 Å². The van der Waals surface area contributed by atoms with Crippen molar-refractivity contribution in [2.24, 2.45) is 5.92 Å². The average Bonchev–Trinajstić information content (AvgIpc) is 2.85. The van der Waals surface area contributed by atoms with Crippen LogP contribution in [0.1, 0.15) is 77.6 Å². The number of ketones is 1. The smallest absolute Gasteiger partial charge is 0.340 e. The summed E-state index contributed by atoms with van der Waals surface area (Å²) in [7, 11) is 0. The van der Waals surface area contributed by atoms with Crippen LogP contribution in [0.25, 0.3) is 0 Å². The second kappa shape index (κ2) is 10.4. The lowest BCUT2D eigenvalue weighted by Crippen LogP contribution is -2.36. The van der Waals surface area contributed by atoms with Crippen molar-refractivity contribution in [2.75, 3.05) is 45.9 Å². The molecule has 0 amide bonds. The molecule has 6 heteroatoms. The first kappa shape index (κ1) is 22.0. The predicted molar refractivity (Wildman–Crippen MR) is 115 cm³/mol. The number of carbonyl (C=O) groups excluding carboxylic acids is 2. The maximum atomic E-state index is 13.0. The van der Waals surface area contributed by atoms with E-state index in [1.807, 2.05) is 13.8 Å². The Hall–Kier alpha value is -1.66. The Balaban J connectivity index is 1.55. The number of nitrogens with one attached hydrogen (secondary N) is 1. The Kier molecular flexibility index (Phi) is 7.90. The van der Waals surface area contributed by atoms with Crippen molar-refractivity contribution in [1.29, 1.82) is 0 Å². The van der Waals surface area contributed by atoms with Gasteiger partial charge in [0.05, 0.1) is 24.4 Å². The summed E-state index contributed by atoms with van der Waals surface area (Å²) in [5, 5.41) is 0. The van der Waals surface area contributed by atoms with Gasteiger partial charge < -0.3 is 14.6 Å². The highest BCUT2D eigenvalue weighted by molar-refractivity contribution is 6.02. The first-order valence-electron chi connectivity index (χ1n) is 11.3. The first-order chi connectivity index (χ1) is 14.0. The summed E-state index contributed by atoms with van der Waals surface area (Å²) in [5.74, 6) is 0.565. The summed E-state index contributed by atoms with van der Waals surface area (Å²) >= 11 is 0. The van der Waals surface area contributed by atoms with Gasteiger partial charge in [-0.2, -0.15) is 0 Å². The summed E-state index contributed by atoms with van der Waals surface area (Å²) in [6.45, 7) is 11.5. The zero-order valence-corrected chi connectivity index (χ0v) is 18.4. The van der Waals surface area contributed by atoms with Gasteiger partial charge in [0, 0.05) is 25.3 Å². The molecule has 0 spiro atoms. The summed E-state index contributed by atoms with van der Waals surface area (Å²) in [4.78, 5) is 33.1. The predicted octanol–water partition coefficient (Wildman–Crippen LogP) is 3.58. The van der Waals surface area contributed by atoms with E-state index in [1.54, 1.807) is 6.92 Å². The van der Waals surface area contributed by atoms with Crippen LogP contribution in [0.15, 0.2) is 0 Å². The molecule has 0 bridgehead atoms. The van der Waals surface area contributed by atoms with Crippen molar-refractivity contribution in [1.82, 2.24) is 14.8 Å². The van der Waals surface area contributed by atoms with Crippen molar-refractivity contribution < 1.29 is 14.3 Å². The van der Waals surface area contributed by atoms with Gasteiger partial charge in [0.15, 0.2) is 5.78 Å². The van der Waals surface area contributed by atoms with E-state index in [2.05, 4.69) is 14.8 Å². The lowest BCUT2D eigenvalue weighted by Gasteiger charge is -2.28. The first-order valence-corrected chi connectivity index (χ1v) is 11.3. The molecule has 1 aliphatic heterocycles. The summed E-state index contributed by atoms with van der Waals surface area (Å²) in [5.41, 5.74) is 2.47. The van der Waals surface area contributed by atoms with E-state index < -0.39 is 0 Å². The van der Waals surface area contributed by atoms with Gasteiger partial charge in [-0.3, -0.25) is 9.69 Å². The Bertz CT molecular complexity index is 706. The summed E-state index contributed by atoms with van der Waals surface area (Å²) < 4.78 is 5.14. The van der Waals surface area contributed by atoms with Crippen LogP contribution in [0.3, 0.4) is 0 Å². The van der Waals surface area contributed by atoms with Gasteiger partial charge in [0.25, 0.3) is 0 Å². The van der Waals surface area contributed by atoms with Crippen molar-refractivity contribution in [3.63, 3.8) is 0 Å². The highest BCUT2D eigenvalue weighted by atomic mass is 16.5. The number of hydrogen-bond donors (Lipinski definition) is 1. The molecule has 0 radical (unpaired) electrons. The van der Waals surface area contributed by atoms with Crippen molar-refractivity contribution in [3.05, 3.63) is 22.5 Å². The second-order valence-corrected chi connectivity index (χ2v) is 8.70. The third-order valence-corrected chi connectivity index (χ3v) is 6.49. The normalized spacial score (nSPS) is 19.8. The van der Waals surface area contributed by atoms with Crippen LogP contribution in [-0.2, 0) is 4.74 Å². The van der Waals surface area contributed by atoms with E-state index in [4.69, 9.17) is 4.74 Å². The number of aromatic amines is 1. The molecule has 1 aromatic rings. The largest absolute Gasteiger partial charge is 0.462 e. The maximum absolute atomic E-state index is 13.0. The second-order valence-electron chi connectivity index (χ2n) is 8.70. The minimum Gasteiger partial charge on any atom is -0.462 e. The zero-order valence-electron chi connectivity index (χ0n) is 18.4. The number of esters is 1. The van der Waals surface area contributed by atoms with Gasteiger partial charge in [-0.1, -0.05) is 19.3 Å². The lowest BCUT2D eigenvalue weighted by molar-refractivity contribution is 0.0525. The number of rotatable bonds is 7.